The molecular formula is C16H32N2O2. The topological polar surface area (TPSA) is 41.6 Å². The van der Waals surface area contributed by atoms with Gasteiger partial charge in [-0.3, -0.25) is 0 Å². The zero-order valence-electron chi connectivity index (χ0n) is 14.2. The van der Waals surface area contributed by atoms with E-state index in [1.807, 2.05) is 20.8 Å². The summed E-state index contributed by atoms with van der Waals surface area (Å²) in [5.41, 5.74) is -0.102. The van der Waals surface area contributed by atoms with Gasteiger partial charge in [-0.05, 0) is 52.0 Å². The van der Waals surface area contributed by atoms with E-state index in [1.54, 1.807) is 0 Å². The van der Waals surface area contributed by atoms with Crippen LogP contribution in [0.3, 0.4) is 0 Å². The van der Waals surface area contributed by atoms with Crippen molar-refractivity contribution in [2.24, 2.45) is 11.3 Å². The lowest BCUT2D eigenvalue weighted by atomic mass is 9.80. The molecule has 0 bridgehead atoms. The second-order valence-electron chi connectivity index (χ2n) is 8.43. The minimum atomic E-state index is -0.435. The van der Waals surface area contributed by atoms with Gasteiger partial charge in [-0.15, -0.1) is 0 Å². The molecule has 1 rings (SSSR count). The van der Waals surface area contributed by atoms with Crippen LogP contribution in [0.5, 0.6) is 0 Å². The maximum absolute atomic E-state index is 11.9. The largest absolute Gasteiger partial charge is 0.444 e. The van der Waals surface area contributed by atoms with Crippen LogP contribution in [-0.2, 0) is 4.74 Å². The molecule has 0 aromatic heterocycles. The summed E-state index contributed by atoms with van der Waals surface area (Å²) in [6.07, 6.45) is 1.93. The summed E-state index contributed by atoms with van der Waals surface area (Å²) in [4.78, 5) is 14.2. The number of carbonyl (C=O) groups excluding carboxylic acids is 1. The quantitative estimate of drug-likeness (QED) is 0.846. The Morgan fingerprint density at radius 2 is 1.80 bits per heavy atom. The van der Waals surface area contributed by atoms with Crippen molar-refractivity contribution < 1.29 is 9.53 Å². The third kappa shape index (κ3) is 7.13. The van der Waals surface area contributed by atoms with Crippen molar-refractivity contribution in [1.29, 1.82) is 0 Å². The Balaban J connectivity index is 2.51. The van der Waals surface area contributed by atoms with Crippen LogP contribution in [0.4, 0.5) is 4.79 Å². The van der Waals surface area contributed by atoms with E-state index in [-0.39, 0.29) is 12.1 Å². The van der Waals surface area contributed by atoms with Gasteiger partial charge < -0.3 is 15.0 Å². The van der Waals surface area contributed by atoms with Crippen molar-refractivity contribution in [3.8, 4) is 0 Å². The summed E-state index contributed by atoms with van der Waals surface area (Å²) in [6.45, 7) is 14.5. The molecular weight excluding hydrogens is 252 g/mol. The summed E-state index contributed by atoms with van der Waals surface area (Å²) >= 11 is 0. The van der Waals surface area contributed by atoms with Crippen LogP contribution < -0.4 is 5.32 Å². The molecule has 4 nitrogen and oxygen atoms in total. The fourth-order valence-corrected chi connectivity index (χ4v) is 3.04. The normalized spacial score (nSPS) is 25.4. The molecule has 1 N–H and O–H groups in total. The summed E-state index contributed by atoms with van der Waals surface area (Å²) in [5, 5.41) is 3.02. The third-order valence-electron chi connectivity index (χ3n) is 3.34. The van der Waals surface area contributed by atoms with Gasteiger partial charge in [-0.1, -0.05) is 20.8 Å². The van der Waals surface area contributed by atoms with Gasteiger partial charge in [-0.25, -0.2) is 4.79 Å². The number of rotatable bonds is 2. The van der Waals surface area contributed by atoms with Crippen LogP contribution in [-0.4, -0.2) is 42.8 Å². The monoisotopic (exact) mass is 284 g/mol. The molecule has 4 heteroatoms. The number of nitrogens with zero attached hydrogens (tertiary/aromatic N) is 1. The Labute approximate surface area is 124 Å². The second kappa shape index (κ2) is 6.33. The van der Waals surface area contributed by atoms with Crippen molar-refractivity contribution in [2.75, 3.05) is 20.1 Å². The summed E-state index contributed by atoms with van der Waals surface area (Å²) in [7, 11) is 2.12. The van der Waals surface area contributed by atoms with Gasteiger partial charge in [-0.2, -0.15) is 0 Å². The molecule has 0 radical (unpaired) electrons. The molecule has 0 spiro atoms. The fraction of sp³-hybridized carbons (Fsp3) is 0.938. The number of carbonyl (C=O) groups is 1. The van der Waals surface area contributed by atoms with Gasteiger partial charge in [0.1, 0.15) is 5.60 Å². The number of amides is 1. The van der Waals surface area contributed by atoms with E-state index in [4.69, 9.17) is 4.74 Å². The van der Waals surface area contributed by atoms with E-state index < -0.39 is 5.60 Å². The zero-order chi connectivity index (χ0) is 15.6. The smallest absolute Gasteiger partial charge is 0.407 e. The molecule has 2 unspecified atom stereocenters. The summed E-state index contributed by atoms with van der Waals surface area (Å²) in [5.74, 6) is 0.633. The second-order valence-corrected chi connectivity index (χ2v) is 8.43. The number of piperidine rings is 1. The van der Waals surface area contributed by atoms with Crippen LogP contribution in [0, 0.1) is 11.3 Å². The van der Waals surface area contributed by atoms with Crippen molar-refractivity contribution in [3.05, 3.63) is 0 Å². The number of likely N-dealkylation sites (N-methyl/N-ethyl adjacent to an activating group) is 1. The lowest BCUT2D eigenvalue weighted by Gasteiger charge is -2.38. The predicted octanol–water partition coefficient (Wildman–Crippen LogP) is 3.27. The molecule has 1 aliphatic rings. The fourth-order valence-electron chi connectivity index (χ4n) is 3.04. The van der Waals surface area contributed by atoms with Crippen molar-refractivity contribution in [3.63, 3.8) is 0 Å². The minimum absolute atomic E-state index is 0.191. The Morgan fingerprint density at radius 1 is 1.20 bits per heavy atom. The zero-order valence-corrected chi connectivity index (χ0v) is 14.2. The van der Waals surface area contributed by atoms with Gasteiger partial charge in [0.15, 0.2) is 0 Å². The van der Waals surface area contributed by atoms with Crippen molar-refractivity contribution in [2.45, 2.75) is 66.0 Å². The Kier molecular flexibility index (Phi) is 5.47. The van der Waals surface area contributed by atoms with Gasteiger partial charge in [0, 0.05) is 19.1 Å². The van der Waals surface area contributed by atoms with E-state index in [9.17, 15) is 4.79 Å². The minimum Gasteiger partial charge on any atom is -0.444 e. The van der Waals surface area contributed by atoms with Crippen LogP contribution in [0.25, 0.3) is 0 Å². The van der Waals surface area contributed by atoms with Crippen LogP contribution >= 0.6 is 0 Å². The Morgan fingerprint density at radius 3 is 2.30 bits per heavy atom. The van der Waals surface area contributed by atoms with E-state index >= 15 is 0 Å². The molecule has 1 amide bonds. The first-order chi connectivity index (χ1) is 8.94. The average molecular weight is 284 g/mol. The van der Waals surface area contributed by atoms with Gasteiger partial charge in [0.05, 0.1) is 0 Å². The predicted molar refractivity (Wildman–Crippen MR) is 82.8 cm³/mol. The first kappa shape index (κ1) is 17.3. The highest BCUT2D eigenvalue weighted by Crippen LogP contribution is 2.29. The number of alkyl carbamates (subject to hydrolysis) is 1. The molecule has 0 aliphatic carbocycles. The third-order valence-corrected chi connectivity index (χ3v) is 3.34. The molecule has 0 aromatic carbocycles. The number of hydrogen-bond donors (Lipinski definition) is 1. The van der Waals surface area contributed by atoms with Crippen molar-refractivity contribution >= 4 is 6.09 Å². The summed E-state index contributed by atoms with van der Waals surface area (Å²) < 4.78 is 5.34. The van der Waals surface area contributed by atoms with Gasteiger partial charge in [0.2, 0.25) is 0 Å². The van der Waals surface area contributed by atoms with Crippen LogP contribution in [0.2, 0.25) is 0 Å². The molecule has 0 aromatic rings. The highest BCUT2D eigenvalue weighted by Gasteiger charge is 2.30. The lowest BCUT2D eigenvalue weighted by Crippen LogP contribution is -2.50. The Hall–Kier alpha value is -0.770. The first-order valence-corrected chi connectivity index (χ1v) is 7.63. The van der Waals surface area contributed by atoms with Crippen LogP contribution in [0.1, 0.15) is 54.4 Å². The SMILES string of the molecule is CN1CC(CC(C)(C)C)CC(NC(=O)OC(C)(C)C)C1. The molecule has 1 heterocycles. The maximum Gasteiger partial charge on any atom is 0.407 e. The molecule has 1 saturated heterocycles. The van der Waals surface area contributed by atoms with E-state index in [0.29, 0.717) is 11.3 Å². The van der Waals surface area contributed by atoms with Crippen LogP contribution in [0.15, 0.2) is 0 Å². The number of hydrogen-bond acceptors (Lipinski definition) is 3. The number of likely N-dealkylation sites (tertiary alicyclic amines) is 1. The Bertz CT molecular complexity index is 328. The van der Waals surface area contributed by atoms with Gasteiger partial charge >= 0.3 is 6.09 Å². The molecule has 0 saturated carbocycles. The number of ether oxygens (including phenoxy) is 1. The number of nitrogens with one attached hydrogen (secondary N) is 1. The highest BCUT2D eigenvalue weighted by atomic mass is 16.6. The van der Waals surface area contributed by atoms with E-state index in [0.717, 1.165) is 19.5 Å². The first-order valence-electron chi connectivity index (χ1n) is 7.63. The van der Waals surface area contributed by atoms with Gasteiger partial charge in [0.25, 0.3) is 0 Å². The van der Waals surface area contributed by atoms with Crippen molar-refractivity contribution in [1.82, 2.24) is 10.2 Å². The average Bonchev–Trinajstić information content (AvgIpc) is 2.08. The molecule has 118 valence electrons. The molecule has 1 fully saturated rings. The maximum atomic E-state index is 11.9. The lowest BCUT2D eigenvalue weighted by molar-refractivity contribution is 0.0449. The molecule has 2 atom stereocenters. The van der Waals surface area contributed by atoms with E-state index in [2.05, 4.69) is 38.0 Å². The molecule has 20 heavy (non-hydrogen) atoms. The molecule has 1 aliphatic heterocycles. The standard InChI is InChI=1S/C16H32N2O2/c1-15(2,3)9-12-8-13(11-18(7)10-12)17-14(19)20-16(4,5)6/h12-13H,8-11H2,1-7H3,(H,17,19). The highest BCUT2D eigenvalue weighted by molar-refractivity contribution is 5.68. The summed E-state index contributed by atoms with van der Waals surface area (Å²) in [6, 6.07) is 0.191. The van der Waals surface area contributed by atoms with E-state index in [1.165, 1.54) is 6.42 Å².